The third kappa shape index (κ3) is 4.84. The first kappa shape index (κ1) is 21.2. The number of methoxy groups -OCH3 is 1. The molecule has 156 valence electrons. The summed E-state index contributed by atoms with van der Waals surface area (Å²) in [5.74, 6) is 0.829. The number of anilines is 1. The molecule has 31 heavy (non-hydrogen) atoms. The summed E-state index contributed by atoms with van der Waals surface area (Å²) < 4.78 is 12.1. The van der Waals surface area contributed by atoms with Crippen molar-refractivity contribution in [2.45, 2.75) is 6.61 Å². The lowest BCUT2D eigenvalue weighted by Gasteiger charge is -2.15. The van der Waals surface area contributed by atoms with Crippen molar-refractivity contribution in [2.75, 3.05) is 12.0 Å². The van der Waals surface area contributed by atoms with E-state index in [1.54, 1.807) is 30.3 Å². The van der Waals surface area contributed by atoms with Gasteiger partial charge in [0.25, 0.3) is 11.1 Å². The Morgan fingerprint density at radius 2 is 1.68 bits per heavy atom. The molecule has 2 amide bonds. The molecule has 0 radical (unpaired) electrons. The Balaban J connectivity index is 1.46. The standard InChI is InChI=1S/C24H18BrNO4S/c1-29-21-5-3-2-4-20(21)26-23(27)22(31-24(26)28)14-16-8-12-19(13-9-16)30-15-17-6-10-18(25)11-7-17/h2-14H,15H2,1H3/b22-14-. The first-order valence-corrected chi connectivity index (χ1v) is 11.0. The second-order valence-electron chi connectivity index (χ2n) is 6.67. The Morgan fingerprint density at radius 3 is 2.39 bits per heavy atom. The molecular weight excluding hydrogens is 478 g/mol. The second-order valence-corrected chi connectivity index (χ2v) is 8.58. The van der Waals surface area contributed by atoms with E-state index >= 15 is 0 Å². The average Bonchev–Trinajstić information content (AvgIpc) is 3.07. The molecule has 5 nitrogen and oxygen atoms in total. The number of halogens is 1. The molecule has 0 atom stereocenters. The number of nitrogens with zero attached hydrogens (tertiary/aromatic N) is 1. The molecule has 0 aliphatic carbocycles. The van der Waals surface area contributed by atoms with Gasteiger partial charge in [-0.05, 0) is 65.4 Å². The van der Waals surface area contributed by atoms with Crippen LogP contribution in [0.2, 0.25) is 0 Å². The average molecular weight is 496 g/mol. The van der Waals surface area contributed by atoms with E-state index in [9.17, 15) is 9.59 Å². The van der Waals surface area contributed by atoms with Crippen LogP contribution in [-0.2, 0) is 11.4 Å². The number of hydrogen-bond donors (Lipinski definition) is 0. The van der Waals surface area contributed by atoms with Gasteiger partial charge in [-0.2, -0.15) is 0 Å². The van der Waals surface area contributed by atoms with E-state index in [1.165, 1.54) is 7.11 Å². The van der Waals surface area contributed by atoms with E-state index in [-0.39, 0.29) is 11.1 Å². The van der Waals surface area contributed by atoms with Crippen molar-refractivity contribution >= 4 is 50.6 Å². The zero-order chi connectivity index (χ0) is 21.8. The van der Waals surface area contributed by atoms with Gasteiger partial charge in [0.15, 0.2) is 0 Å². The van der Waals surface area contributed by atoms with E-state index in [1.807, 2.05) is 48.5 Å². The monoisotopic (exact) mass is 495 g/mol. The molecule has 1 heterocycles. The molecular formula is C24H18BrNO4S. The Hall–Kier alpha value is -3.03. The lowest BCUT2D eigenvalue weighted by atomic mass is 10.2. The SMILES string of the molecule is COc1ccccc1N1C(=O)S/C(=C\c2ccc(OCc3ccc(Br)cc3)cc2)C1=O. The highest BCUT2D eigenvalue weighted by Crippen LogP contribution is 2.39. The van der Waals surface area contributed by atoms with Crippen LogP contribution in [0.5, 0.6) is 11.5 Å². The number of thioether (sulfide) groups is 1. The highest BCUT2D eigenvalue weighted by atomic mass is 79.9. The molecule has 0 spiro atoms. The van der Waals surface area contributed by atoms with E-state index in [0.29, 0.717) is 22.9 Å². The maximum absolute atomic E-state index is 12.9. The van der Waals surface area contributed by atoms with E-state index in [0.717, 1.165) is 38.0 Å². The summed E-state index contributed by atoms with van der Waals surface area (Å²) in [5.41, 5.74) is 2.31. The van der Waals surface area contributed by atoms with Crippen LogP contribution in [-0.4, -0.2) is 18.3 Å². The molecule has 7 heteroatoms. The van der Waals surface area contributed by atoms with Gasteiger partial charge in [-0.25, -0.2) is 4.90 Å². The summed E-state index contributed by atoms with van der Waals surface area (Å²) in [4.78, 5) is 26.9. The van der Waals surface area contributed by atoms with Gasteiger partial charge in [-0.3, -0.25) is 9.59 Å². The Bertz CT molecular complexity index is 1140. The Labute approximate surface area is 192 Å². The normalized spacial score (nSPS) is 14.9. The summed E-state index contributed by atoms with van der Waals surface area (Å²) in [6, 6.07) is 22.3. The molecule has 3 aromatic rings. The maximum atomic E-state index is 12.9. The summed E-state index contributed by atoms with van der Waals surface area (Å²) in [6.45, 7) is 0.463. The molecule has 1 aliphatic rings. The molecule has 0 bridgehead atoms. The smallest absolute Gasteiger partial charge is 0.298 e. The van der Waals surface area contributed by atoms with Crippen molar-refractivity contribution < 1.29 is 19.1 Å². The van der Waals surface area contributed by atoms with Crippen molar-refractivity contribution in [3.05, 3.63) is 93.3 Å². The van der Waals surface area contributed by atoms with Gasteiger partial charge >= 0.3 is 0 Å². The number of ether oxygens (including phenoxy) is 2. The first-order valence-electron chi connectivity index (χ1n) is 9.43. The molecule has 4 rings (SSSR count). The minimum absolute atomic E-state index is 0.352. The minimum atomic E-state index is -0.366. The maximum Gasteiger partial charge on any atom is 0.298 e. The van der Waals surface area contributed by atoms with Crippen molar-refractivity contribution in [2.24, 2.45) is 0 Å². The second kappa shape index (κ2) is 9.41. The third-order valence-electron chi connectivity index (χ3n) is 4.62. The molecule has 3 aromatic carbocycles. The van der Waals surface area contributed by atoms with E-state index in [2.05, 4.69) is 15.9 Å². The van der Waals surface area contributed by atoms with Crippen molar-refractivity contribution in [1.29, 1.82) is 0 Å². The lowest BCUT2D eigenvalue weighted by Crippen LogP contribution is -2.28. The minimum Gasteiger partial charge on any atom is -0.495 e. The van der Waals surface area contributed by atoms with Gasteiger partial charge in [0.05, 0.1) is 17.7 Å². The highest BCUT2D eigenvalue weighted by molar-refractivity contribution is 9.10. The fourth-order valence-corrected chi connectivity index (χ4v) is 4.15. The summed E-state index contributed by atoms with van der Waals surface area (Å²) in [6.07, 6.45) is 1.71. The highest BCUT2D eigenvalue weighted by Gasteiger charge is 2.37. The third-order valence-corrected chi connectivity index (χ3v) is 6.01. The molecule has 0 unspecified atom stereocenters. The number of benzene rings is 3. The summed E-state index contributed by atoms with van der Waals surface area (Å²) in [7, 11) is 1.51. The van der Waals surface area contributed by atoms with Crippen LogP contribution in [0.1, 0.15) is 11.1 Å². The molecule has 1 aliphatic heterocycles. The molecule has 1 fully saturated rings. The van der Waals surface area contributed by atoms with Gasteiger partial charge in [0.2, 0.25) is 0 Å². The van der Waals surface area contributed by atoms with Crippen LogP contribution < -0.4 is 14.4 Å². The largest absolute Gasteiger partial charge is 0.495 e. The fourth-order valence-electron chi connectivity index (χ4n) is 3.05. The number of imide groups is 1. The number of amides is 2. The van der Waals surface area contributed by atoms with Crippen LogP contribution in [0.4, 0.5) is 10.5 Å². The van der Waals surface area contributed by atoms with Gasteiger partial charge in [-0.15, -0.1) is 0 Å². The molecule has 1 saturated heterocycles. The zero-order valence-corrected chi connectivity index (χ0v) is 19.0. The molecule has 0 saturated carbocycles. The van der Waals surface area contributed by atoms with Crippen LogP contribution in [0.25, 0.3) is 6.08 Å². The zero-order valence-electron chi connectivity index (χ0n) is 16.6. The summed E-state index contributed by atoms with van der Waals surface area (Å²) in [5, 5.41) is -0.352. The van der Waals surface area contributed by atoms with Crippen molar-refractivity contribution in [1.82, 2.24) is 0 Å². The van der Waals surface area contributed by atoms with Gasteiger partial charge in [0.1, 0.15) is 18.1 Å². The van der Waals surface area contributed by atoms with Crippen LogP contribution in [0.15, 0.2) is 82.2 Å². The van der Waals surface area contributed by atoms with Crippen LogP contribution in [0.3, 0.4) is 0 Å². The van der Waals surface area contributed by atoms with Crippen LogP contribution >= 0.6 is 27.7 Å². The quantitative estimate of drug-likeness (QED) is 0.376. The van der Waals surface area contributed by atoms with E-state index < -0.39 is 0 Å². The van der Waals surface area contributed by atoms with Gasteiger partial charge < -0.3 is 9.47 Å². The van der Waals surface area contributed by atoms with Crippen molar-refractivity contribution in [3.63, 3.8) is 0 Å². The number of carbonyl (C=O) groups excluding carboxylic acids is 2. The number of para-hydroxylation sites is 2. The lowest BCUT2D eigenvalue weighted by molar-refractivity contribution is -0.113. The predicted molar refractivity (Wildman–Crippen MR) is 126 cm³/mol. The first-order chi connectivity index (χ1) is 15.0. The predicted octanol–water partition coefficient (Wildman–Crippen LogP) is 6.28. The van der Waals surface area contributed by atoms with Gasteiger partial charge in [0, 0.05) is 4.47 Å². The van der Waals surface area contributed by atoms with Gasteiger partial charge in [-0.1, -0.05) is 52.3 Å². The molecule has 0 N–H and O–H groups in total. The number of rotatable bonds is 6. The number of carbonyl (C=O) groups is 2. The van der Waals surface area contributed by atoms with Crippen molar-refractivity contribution in [3.8, 4) is 11.5 Å². The Morgan fingerprint density at radius 1 is 0.968 bits per heavy atom. The van der Waals surface area contributed by atoms with Crippen LogP contribution in [0, 0.1) is 0 Å². The summed E-state index contributed by atoms with van der Waals surface area (Å²) >= 11 is 4.33. The fraction of sp³-hybridized carbons (Fsp3) is 0.0833. The molecule has 0 aromatic heterocycles. The topological polar surface area (TPSA) is 55.8 Å². The van der Waals surface area contributed by atoms with E-state index in [4.69, 9.17) is 9.47 Å². The Kier molecular flexibility index (Phi) is 6.44. The number of hydrogen-bond acceptors (Lipinski definition) is 5.